The van der Waals surface area contributed by atoms with Gasteiger partial charge in [-0.15, -0.1) is 0 Å². The van der Waals surface area contributed by atoms with E-state index in [4.69, 9.17) is 18.6 Å². The summed E-state index contributed by atoms with van der Waals surface area (Å²) in [5.41, 5.74) is 1.34. The Morgan fingerprint density at radius 2 is 1.61 bits per heavy atom. The van der Waals surface area contributed by atoms with Crippen molar-refractivity contribution < 1.29 is 33.0 Å². The molecule has 38 heavy (non-hydrogen) atoms. The van der Waals surface area contributed by atoms with Crippen molar-refractivity contribution in [3.8, 4) is 17.2 Å². The van der Waals surface area contributed by atoms with Gasteiger partial charge in [-0.05, 0) is 55.9 Å². The highest BCUT2D eigenvalue weighted by Gasteiger charge is 2.42. The number of nitrogens with zero attached hydrogens (tertiary/aromatic N) is 2. The molecule has 1 spiro atoms. The molecule has 2 aliphatic heterocycles. The summed E-state index contributed by atoms with van der Waals surface area (Å²) in [6, 6.07) is 6.72. The molecule has 0 saturated carbocycles. The minimum absolute atomic E-state index is 0.00512. The lowest BCUT2D eigenvalue weighted by atomic mass is 9.78. The van der Waals surface area contributed by atoms with Gasteiger partial charge in [-0.2, -0.15) is 0 Å². The quantitative estimate of drug-likeness (QED) is 0.528. The van der Waals surface area contributed by atoms with Crippen LogP contribution >= 0.6 is 0 Å². The highest BCUT2D eigenvalue weighted by atomic mass is 16.5. The van der Waals surface area contributed by atoms with Crippen molar-refractivity contribution in [2.24, 2.45) is 5.41 Å². The van der Waals surface area contributed by atoms with E-state index < -0.39 is 5.91 Å². The monoisotopic (exact) mass is 525 g/mol. The molecule has 1 aromatic carbocycles. The van der Waals surface area contributed by atoms with E-state index in [1.807, 2.05) is 17.9 Å². The average molecular weight is 526 g/mol. The van der Waals surface area contributed by atoms with Gasteiger partial charge >= 0.3 is 0 Å². The van der Waals surface area contributed by atoms with Crippen LogP contribution in [0.3, 0.4) is 0 Å². The number of hydrogen-bond donors (Lipinski definition) is 1. The number of hydrogen-bond acceptors (Lipinski definition) is 7. The second kappa shape index (κ2) is 11.6. The van der Waals surface area contributed by atoms with Crippen molar-refractivity contribution >= 4 is 23.8 Å². The van der Waals surface area contributed by atoms with E-state index in [9.17, 15) is 14.4 Å². The Morgan fingerprint density at radius 1 is 0.974 bits per heavy atom. The topological polar surface area (TPSA) is 111 Å². The molecule has 2 aromatic rings. The Labute approximate surface area is 222 Å². The third kappa shape index (κ3) is 5.79. The summed E-state index contributed by atoms with van der Waals surface area (Å²) in [5, 5.41) is 2.61. The number of carbonyl (C=O) groups is 3. The maximum atomic E-state index is 13.3. The molecule has 10 nitrogen and oxygen atoms in total. The molecule has 3 amide bonds. The number of ether oxygens (including phenoxy) is 3. The van der Waals surface area contributed by atoms with E-state index in [0.29, 0.717) is 49.0 Å². The third-order valence-electron chi connectivity index (χ3n) is 7.49. The second-order valence-electron chi connectivity index (χ2n) is 9.79. The minimum atomic E-state index is -0.407. The number of methoxy groups -OCH3 is 3. The molecule has 0 aliphatic carbocycles. The average Bonchev–Trinajstić information content (AvgIpc) is 3.62. The van der Waals surface area contributed by atoms with E-state index in [-0.39, 0.29) is 29.5 Å². The van der Waals surface area contributed by atoms with Gasteiger partial charge in [0.05, 0.1) is 34.1 Å². The van der Waals surface area contributed by atoms with Gasteiger partial charge in [0.2, 0.25) is 11.8 Å². The van der Waals surface area contributed by atoms with E-state index in [1.54, 1.807) is 50.5 Å². The molecule has 0 unspecified atom stereocenters. The second-order valence-corrected chi connectivity index (χ2v) is 9.79. The van der Waals surface area contributed by atoms with Crippen molar-refractivity contribution in [3.63, 3.8) is 0 Å². The number of benzene rings is 1. The van der Waals surface area contributed by atoms with Crippen LogP contribution in [-0.2, 0) is 9.59 Å². The van der Waals surface area contributed by atoms with Crippen LogP contribution < -0.4 is 19.5 Å². The van der Waals surface area contributed by atoms with E-state index in [0.717, 1.165) is 24.8 Å². The summed E-state index contributed by atoms with van der Waals surface area (Å²) >= 11 is 0. The Balaban J connectivity index is 1.33. The van der Waals surface area contributed by atoms with E-state index in [2.05, 4.69) is 5.32 Å². The molecule has 204 valence electrons. The van der Waals surface area contributed by atoms with Gasteiger partial charge in [0.1, 0.15) is 5.75 Å². The predicted molar refractivity (Wildman–Crippen MR) is 140 cm³/mol. The SMILES string of the molecule is COc1cc(OC)c(OC)cc1/C=C(\C)C(=O)N1CCC2(CCN(C(=O)CNC(=O)c3ccco3)CC2)C1. The Morgan fingerprint density at radius 3 is 2.21 bits per heavy atom. The van der Waals surface area contributed by atoms with Crippen LogP contribution in [-0.4, -0.2) is 81.6 Å². The van der Waals surface area contributed by atoms with Crippen LogP contribution in [0.5, 0.6) is 17.2 Å². The first-order chi connectivity index (χ1) is 18.3. The molecular weight excluding hydrogens is 490 g/mol. The molecule has 0 radical (unpaired) electrons. The number of piperidine rings is 1. The summed E-state index contributed by atoms with van der Waals surface area (Å²) in [7, 11) is 4.70. The number of amides is 3. The first-order valence-electron chi connectivity index (χ1n) is 12.7. The van der Waals surface area contributed by atoms with Crippen molar-refractivity contribution in [3.05, 3.63) is 47.4 Å². The highest BCUT2D eigenvalue weighted by Crippen LogP contribution is 2.41. The minimum Gasteiger partial charge on any atom is -0.496 e. The molecule has 2 saturated heterocycles. The van der Waals surface area contributed by atoms with Crippen LogP contribution in [0.1, 0.15) is 42.3 Å². The lowest BCUT2D eigenvalue weighted by molar-refractivity contribution is -0.133. The standard InChI is InChI=1S/C28H35N3O7/c1-19(14-20-15-23(36-3)24(37-4)16-22(20)35-2)27(34)31-12-9-28(18-31)7-10-30(11-8-28)25(32)17-29-26(33)21-6-5-13-38-21/h5-6,13-16H,7-12,17-18H2,1-4H3,(H,29,33)/b19-14+. The summed E-state index contributed by atoms with van der Waals surface area (Å²) in [4.78, 5) is 41.7. The Bertz CT molecular complexity index is 1200. The maximum Gasteiger partial charge on any atom is 0.287 e. The Hall–Kier alpha value is -3.95. The molecular formula is C28H35N3O7. The van der Waals surface area contributed by atoms with Crippen molar-refractivity contribution in [1.29, 1.82) is 0 Å². The molecule has 1 N–H and O–H groups in total. The van der Waals surface area contributed by atoms with Gasteiger partial charge in [-0.1, -0.05) is 0 Å². The van der Waals surface area contributed by atoms with Gasteiger partial charge in [-0.3, -0.25) is 14.4 Å². The van der Waals surface area contributed by atoms with Crippen LogP contribution in [0.4, 0.5) is 0 Å². The third-order valence-corrected chi connectivity index (χ3v) is 7.49. The lowest BCUT2D eigenvalue weighted by Crippen LogP contribution is -2.47. The summed E-state index contributed by atoms with van der Waals surface area (Å²) in [5.74, 6) is 1.34. The molecule has 2 fully saturated rings. The lowest BCUT2D eigenvalue weighted by Gasteiger charge is -2.39. The van der Waals surface area contributed by atoms with Crippen LogP contribution in [0.15, 0.2) is 40.5 Å². The van der Waals surface area contributed by atoms with Crippen LogP contribution in [0.25, 0.3) is 6.08 Å². The van der Waals surface area contributed by atoms with Crippen LogP contribution in [0, 0.1) is 5.41 Å². The smallest absolute Gasteiger partial charge is 0.287 e. The van der Waals surface area contributed by atoms with Crippen molar-refractivity contribution in [2.75, 3.05) is 54.1 Å². The summed E-state index contributed by atoms with van der Waals surface area (Å²) in [6.45, 7) is 4.30. The van der Waals surface area contributed by atoms with Gasteiger partial charge in [0.15, 0.2) is 17.3 Å². The fourth-order valence-corrected chi connectivity index (χ4v) is 5.22. The maximum absolute atomic E-state index is 13.3. The summed E-state index contributed by atoms with van der Waals surface area (Å²) < 4.78 is 21.3. The molecule has 0 atom stereocenters. The zero-order chi connectivity index (χ0) is 27.3. The number of nitrogens with one attached hydrogen (secondary N) is 1. The van der Waals surface area contributed by atoms with Gasteiger partial charge < -0.3 is 33.7 Å². The van der Waals surface area contributed by atoms with Gasteiger partial charge in [0, 0.05) is 43.4 Å². The number of likely N-dealkylation sites (tertiary alicyclic amines) is 2. The number of furan rings is 1. The fourth-order valence-electron chi connectivity index (χ4n) is 5.22. The molecule has 1 aromatic heterocycles. The van der Waals surface area contributed by atoms with E-state index in [1.165, 1.54) is 6.26 Å². The number of carbonyl (C=O) groups excluding carboxylic acids is 3. The van der Waals surface area contributed by atoms with Crippen molar-refractivity contribution in [2.45, 2.75) is 26.2 Å². The van der Waals surface area contributed by atoms with Gasteiger partial charge in [-0.25, -0.2) is 0 Å². The molecule has 2 aliphatic rings. The van der Waals surface area contributed by atoms with Crippen molar-refractivity contribution in [1.82, 2.24) is 15.1 Å². The largest absolute Gasteiger partial charge is 0.496 e. The van der Waals surface area contributed by atoms with Crippen LogP contribution in [0.2, 0.25) is 0 Å². The first kappa shape index (κ1) is 27.1. The molecule has 3 heterocycles. The molecule has 10 heteroatoms. The fraction of sp³-hybridized carbons (Fsp3) is 0.464. The Kier molecular flexibility index (Phi) is 8.29. The number of rotatable bonds is 8. The summed E-state index contributed by atoms with van der Waals surface area (Å²) in [6.07, 6.45) is 5.78. The zero-order valence-electron chi connectivity index (χ0n) is 22.4. The van der Waals surface area contributed by atoms with Gasteiger partial charge in [0.25, 0.3) is 5.91 Å². The first-order valence-corrected chi connectivity index (χ1v) is 12.7. The van der Waals surface area contributed by atoms with E-state index >= 15 is 0 Å². The zero-order valence-corrected chi connectivity index (χ0v) is 22.4. The predicted octanol–water partition coefficient (Wildman–Crippen LogP) is 2.98. The molecule has 4 rings (SSSR count). The molecule has 0 bridgehead atoms. The highest BCUT2D eigenvalue weighted by molar-refractivity contribution is 5.98. The normalized spacial score (nSPS) is 16.9.